The molecule has 3 heteroatoms. The van der Waals surface area contributed by atoms with Crippen LogP contribution in [0.1, 0.15) is 44.7 Å². The number of halogens is 1. The number of aldehydes is 1. The van der Waals surface area contributed by atoms with Crippen LogP contribution < -0.4 is 0 Å². The second-order valence-electron chi connectivity index (χ2n) is 3.77. The van der Waals surface area contributed by atoms with Gasteiger partial charge in [-0.05, 0) is 48.4 Å². The van der Waals surface area contributed by atoms with Gasteiger partial charge in [-0.3, -0.25) is 9.59 Å². The minimum absolute atomic E-state index is 0.413. The molecule has 0 aliphatic heterocycles. The predicted octanol–water partition coefficient (Wildman–Crippen LogP) is 2.76. The van der Waals surface area contributed by atoms with Crippen molar-refractivity contribution in [2.24, 2.45) is 0 Å². The molecule has 0 saturated carbocycles. The first-order valence-corrected chi connectivity index (χ1v) is 5.41. The molecule has 1 aliphatic rings. The summed E-state index contributed by atoms with van der Waals surface area (Å²) in [5.74, 6) is 0. The molecule has 0 aromatic heterocycles. The molecule has 0 amide bonds. The van der Waals surface area contributed by atoms with E-state index in [9.17, 15) is 9.59 Å². The van der Waals surface area contributed by atoms with E-state index in [4.69, 9.17) is 11.6 Å². The third-order valence-electron chi connectivity index (χ3n) is 2.89. The minimum atomic E-state index is -0.518. The van der Waals surface area contributed by atoms with E-state index >= 15 is 0 Å². The topological polar surface area (TPSA) is 34.1 Å². The van der Waals surface area contributed by atoms with E-state index in [1.54, 1.807) is 6.07 Å². The van der Waals surface area contributed by atoms with Crippen LogP contribution >= 0.6 is 11.6 Å². The fourth-order valence-corrected chi connectivity index (χ4v) is 2.40. The lowest BCUT2D eigenvalue weighted by molar-refractivity contribution is 0.106. The first-order valence-electron chi connectivity index (χ1n) is 5.04. The van der Waals surface area contributed by atoms with Gasteiger partial charge in [-0.1, -0.05) is 12.1 Å². The lowest BCUT2D eigenvalue weighted by Crippen LogP contribution is -2.10. The zero-order valence-corrected chi connectivity index (χ0v) is 9.01. The summed E-state index contributed by atoms with van der Waals surface area (Å²) in [7, 11) is 0. The molecule has 78 valence electrons. The smallest absolute Gasteiger partial charge is 0.253 e. The second kappa shape index (κ2) is 4.15. The lowest BCUT2D eigenvalue weighted by Gasteiger charge is -2.18. The van der Waals surface area contributed by atoms with Crippen molar-refractivity contribution in [1.82, 2.24) is 0 Å². The highest BCUT2D eigenvalue weighted by molar-refractivity contribution is 6.68. The van der Waals surface area contributed by atoms with Crippen LogP contribution in [0.5, 0.6) is 0 Å². The van der Waals surface area contributed by atoms with Gasteiger partial charge >= 0.3 is 0 Å². The molecule has 2 nitrogen and oxygen atoms in total. The predicted molar refractivity (Wildman–Crippen MR) is 58.7 cm³/mol. The summed E-state index contributed by atoms with van der Waals surface area (Å²) in [5.41, 5.74) is 2.97. The highest BCUT2D eigenvalue weighted by atomic mass is 35.5. The maximum atomic E-state index is 11.3. The van der Waals surface area contributed by atoms with Crippen LogP contribution in [0.15, 0.2) is 12.1 Å². The number of hydrogen-bond donors (Lipinski definition) is 0. The molecular formula is C12H11ClO2. The van der Waals surface area contributed by atoms with Crippen LogP contribution in [0, 0.1) is 0 Å². The quantitative estimate of drug-likeness (QED) is 0.570. The van der Waals surface area contributed by atoms with Crippen molar-refractivity contribution in [3.8, 4) is 0 Å². The Labute approximate surface area is 93.2 Å². The van der Waals surface area contributed by atoms with Crippen molar-refractivity contribution >= 4 is 23.1 Å². The number of fused-ring (bicyclic) bond motifs is 1. The Morgan fingerprint density at radius 1 is 1.27 bits per heavy atom. The van der Waals surface area contributed by atoms with E-state index in [0.29, 0.717) is 17.4 Å². The number of rotatable bonds is 2. The van der Waals surface area contributed by atoms with Gasteiger partial charge in [0, 0.05) is 11.1 Å². The average molecular weight is 223 g/mol. The molecule has 15 heavy (non-hydrogen) atoms. The molecule has 0 unspecified atom stereocenters. The number of aryl methyl sites for hydroxylation is 1. The standard InChI is InChI=1S/C12H11ClO2/c13-12(15)11-9(7-14)6-5-8-3-1-2-4-10(8)11/h5-7H,1-4H2. The molecule has 0 N–H and O–H groups in total. The van der Waals surface area contributed by atoms with Gasteiger partial charge in [0.25, 0.3) is 5.24 Å². The van der Waals surface area contributed by atoms with E-state index in [0.717, 1.165) is 36.8 Å². The average Bonchev–Trinajstić information content (AvgIpc) is 2.27. The van der Waals surface area contributed by atoms with E-state index in [1.807, 2.05) is 6.07 Å². The number of benzene rings is 1. The summed E-state index contributed by atoms with van der Waals surface area (Å²) in [6.45, 7) is 0. The van der Waals surface area contributed by atoms with E-state index in [1.165, 1.54) is 0 Å². The Balaban J connectivity index is 2.64. The molecule has 0 atom stereocenters. The van der Waals surface area contributed by atoms with Gasteiger partial charge < -0.3 is 0 Å². The molecule has 0 heterocycles. The summed E-state index contributed by atoms with van der Waals surface area (Å²) in [6.07, 6.45) is 4.73. The van der Waals surface area contributed by atoms with E-state index < -0.39 is 5.24 Å². The zero-order chi connectivity index (χ0) is 10.8. The van der Waals surface area contributed by atoms with Crippen molar-refractivity contribution < 1.29 is 9.59 Å². The number of carbonyl (C=O) groups is 2. The highest BCUT2D eigenvalue weighted by Crippen LogP contribution is 2.27. The summed E-state index contributed by atoms with van der Waals surface area (Å²) in [6, 6.07) is 3.62. The maximum Gasteiger partial charge on any atom is 0.253 e. The van der Waals surface area contributed by atoms with Gasteiger partial charge in [0.2, 0.25) is 0 Å². The van der Waals surface area contributed by atoms with Gasteiger partial charge in [-0.15, -0.1) is 0 Å². The molecule has 0 fully saturated rings. The first-order chi connectivity index (χ1) is 7.24. The highest BCUT2D eigenvalue weighted by Gasteiger charge is 2.19. The zero-order valence-electron chi connectivity index (χ0n) is 8.25. The SMILES string of the molecule is O=Cc1ccc2c(c1C(=O)Cl)CCCC2. The molecule has 1 aromatic rings. The molecule has 1 aliphatic carbocycles. The van der Waals surface area contributed by atoms with Gasteiger partial charge in [0.15, 0.2) is 6.29 Å². The second-order valence-corrected chi connectivity index (χ2v) is 4.11. The largest absolute Gasteiger partial charge is 0.298 e. The Bertz CT molecular complexity index is 424. The molecule has 0 spiro atoms. The third kappa shape index (κ3) is 1.82. The maximum absolute atomic E-state index is 11.3. The monoisotopic (exact) mass is 222 g/mol. The molecule has 0 saturated heterocycles. The Morgan fingerprint density at radius 3 is 2.67 bits per heavy atom. The molecule has 1 aromatic carbocycles. The van der Waals surface area contributed by atoms with Gasteiger partial charge in [0.05, 0.1) is 0 Å². The normalized spacial score (nSPS) is 14.5. The number of carbonyl (C=O) groups excluding carboxylic acids is 2. The fraction of sp³-hybridized carbons (Fsp3) is 0.333. The summed E-state index contributed by atoms with van der Waals surface area (Å²) < 4.78 is 0. The Hall–Kier alpha value is -1.15. The van der Waals surface area contributed by atoms with Crippen LogP contribution in [0.3, 0.4) is 0 Å². The summed E-state index contributed by atoms with van der Waals surface area (Å²) >= 11 is 5.53. The van der Waals surface area contributed by atoms with Crippen LogP contribution in [0.25, 0.3) is 0 Å². The van der Waals surface area contributed by atoms with Gasteiger partial charge in [0.1, 0.15) is 0 Å². The van der Waals surface area contributed by atoms with Crippen LogP contribution in [-0.2, 0) is 12.8 Å². The molecule has 2 rings (SSSR count). The summed E-state index contributed by atoms with van der Waals surface area (Å²) in [5, 5.41) is -0.518. The molecule has 0 bridgehead atoms. The Morgan fingerprint density at radius 2 is 2.00 bits per heavy atom. The molecule has 0 radical (unpaired) electrons. The van der Waals surface area contributed by atoms with Crippen LogP contribution in [-0.4, -0.2) is 11.5 Å². The Kier molecular flexibility index (Phi) is 2.87. The van der Waals surface area contributed by atoms with Gasteiger partial charge in [-0.2, -0.15) is 0 Å². The van der Waals surface area contributed by atoms with E-state index in [-0.39, 0.29) is 0 Å². The first kappa shape index (κ1) is 10.4. The molecular weight excluding hydrogens is 212 g/mol. The minimum Gasteiger partial charge on any atom is -0.298 e. The fourth-order valence-electron chi connectivity index (χ4n) is 2.18. The van der Waals surface area contributed by atoms with Crippen LogP contribution in [0.4, 0.5) is 0 Å². The van der Waals surface area contributed by atoms with E-state index in [2.05, 4.69) is 0 Å². The van der Waals surface area contributed by atoms with Crippen molar-refractivity contribution in [2.45, 2.75) is 25.7 Å². The van der Waals surface area contributed by atoms with Crippen molar-refractivity contribution in [2.75, 3.05) is 0 Å². The summed E-state index contributed by atoms with van der Waals surface area (Å²) in [4.78, 5) is 22.1. The third-order valence-corrected chi connectivity index (χ3v) is 3.08. The van der Waals surface area contributed by atoms with Gasteiger partial charge in [-0.25, -0.2) is 0 Å². The van der Waals surface area contributed by atoms with Crippen LogP contribution in [0.2, 0.25) is 0 Å². The lowest BCUT2D eigenvalue weighted by atomic mass is 9.86. The van der Waals surface area contributed by atoms with Crippen molar-refractivity contribution in [3.63, 3.8) is 0 Å². The van der Waals surface area contributed by atoms with Crippen molar-refractivity contribution in [3.05, 3.63) is 34.4 Å². The number of hydrogen-bond acceptors (Lipinski definition) is 2. The van der Waals surface area contributed by atoms with Crippen molar-refractivity contribution in [1.29, 1.82) is 0 Å².